The second-order valence-electron chi connectivity index (χ2n) is 2.83. The van der Waals surface area contributed by atoms with Gasteiger partial charge in [0.05, 0.1) is 11.6 Å². The molecule has 0 aliphatic rings. The molecule has 1 aromatic heterocycles. The summed E-state index contributed by atoms with van der Waals surface area (Å²) in [5.74, 6) is 0.169. The summed E-state index contributed by atoms with van der Waals surface area (Å²) in [5, 5.41) is 0. The van der Waals surface area contributed by atoms with Gasteiger partial charge in [0.1, 0.15) is 5.78 Å². The van der Waals surface area contributed by atoms with Gasteiger partial charge in [-0.2, -0.15) is 0 Å². The molecule has 0 bridgehead atoms. The van der Waals surface area contributed by atoms with Crippen LogP contribution in [-0.2, 0) is 4.79 Å². The molecule has 1 atom stereocenters. The number of aromatic nitrogens is 1. The molecule has 2 heteroatoms. The minimum atomic E-state index is -0.0220. The molecule has 1 heterocycles. The first-order valence-electron chi connectivity index (χ1n) is 4.17. The van der Waals surface area contributed by atoms with Crippen LogP contribution in [0.4, 0.5) is 0 Å². The van der Waals surface area contributed by atoms with E-state index in [-0.39, 0.29) is 11.7 Å². The molecule has 2 nitrogen and oxygen atoms in total. The van der Waals surface area contributed by atoms with E-state index < -0.39 is 0 Å². The topological polar surface area (TPSA) is 30.0 Å². The Hall–Kier alpha value is -1.18. The normalized spacial score (nSPS) is 12.5. The molecule has 0 aliphatic carbocycles. The lowest BCUT2D eigenvalue weighted by molar-refractivity contribution is -0.118. The molecule has 0 saturated heterocycles. The first-order chi connectivity index (χ1) is 5.75. The smallest absolute Gasteiger partial charge is 0.138 e. The van der Waals surface area contributed by atoms with Gasteiger partial charge in [0.25, 0.3) is 0 Å². The van der Waals surface area contributed by atoms with Crippen LogP contribution in [0, 0.1) is 0 Å². The summed E-state index contributed by atoms with van der Waals surface area (Å²) >= 11 is 0. The standard InChI is InChI=1S/C10H13NO/c1-3-9(8(2)12)10-6-4-5-7-11-10/h4-7,9H,3H2,1-2H3. The Kier molecular flexibility index (Phi) is 2.97. The van der Waals surface area contributed by atoms with E-state index in [1.165, 1.54) is 0 Å². The van der Waals surface area contributed by atoms with Crippen molar-refractivity contribution in [1.82, 2.24) is 4.98 Å². The van der Waals surface area contributed by atoms with Gasteiger partial charge in [-0.1, -0.05) is 13.0 Å². The Morgan fingerprint density at radius 2 is 2.33 bits per heavy atom. The second kappa shape index (κ2) is 4.00. The number of carbonyl (C=O) groups excluding carboxylic acids is 1. The molecule has 1 rings (SSSR count). The molecule has 0 fully saturated rings. The Morgan fingerprint density at radius 3 is 2.75 bits per heavy atom. The maximum atomic E-state index is 11.1. The van der Waals surface area contributed by atoms with E-state index in [4.69, 9.17) is 0 Å². The van der Waals surface area contributed by atoms with Gasteiger partial charge < -0.3 is 0 Å². The summed E-state index contributed by atoms with van der Waals surface area (Å²) in [4.78, 5) is 15.3. The summed E-state index contributed by atoms with van der Waals surface area (Å²) < 4.78 is 0. The summed E-state index contributed by atoms with van der Waals surface area (Å²) in [5.41, 5.74) is 0.882. The number of nitrogens with zero attached hydrogens (tertiary/aromatic N) is 1. The van der Waals surface area contributed by atoms with E-state index in [2.05, 4.69) is 4.98 Å². The predicted molar refractivity (Wildman–Crippen MR) is 48.0 cm³/mol. The van der Waals surface area contributed by atoms with Crippen molar-refractivity contribution < 1.29 is 4.79 Å². The monoisotopic (exact) mass is 163 g/mol. The lowest BCUT2D eigenvalue weighted by Crippen LogP contribution is -2.08. The lowest BCUT2D eigenvalue weighted by atomic mass is 9.98. The molecule has 0 radical (unpaired) electrons. The molecule has 0 amide bonds. The quantitative estimate of drug-likeness (QED) is 0.683. The Morgan fingerprint density at radius 1 is 1.58 bits per heavy atom. The van der Waals surface area contributed by atoms with Crippen LogP contribution in [0.2, 0.25) is 0 Å². The first kappa shape index (κ1) is 8.91. The van der Waals surface area contributed by atoms with Crippen LogP contribution in [0.25, 0.3) is 0 Å². The van der Waals surface area contributed by atoms with E-state index in [0.29, 0.717) is 0 Å². The molecule has 64 valence electrons. The zero-order valence-corrected chi connectivity index (χ0v) is 7.45. The number of pyridine rings is 1. The van der Waals surface area contributed by atoms with Crippen LogP contribution < -0.4 is 0 Å². The number of hydrogen-bond acceptors (Lipinski definition) is 2. The number of carbonyl (C=O) groups is 1. The van der Waals surface area contributed by atoms with Crippen molar-refractivity contribution in [2.45, 2.75) is 26.2 Å². The molecule has 1 unspecified atom stereocenters. The van der Waals surface area contributed by atoms with Crippen LogP contribution in [0.1, 0.15) is 31.9 Å². The molecule has 0 N–H and O–H groups in total. The third-order valence-corrected chi connectivity index (χ3v) is 1.94. The van der Waals surface area contributed by atoms with Crippen molar-refractivity contribution >= 4 is 5.78 Å². The maximum absolute atomic E-state index is 11.1. The van der Waals surface area contributed by atoms with Gasteiger partial charge in [-0.15, -0.1) is 0 Å². The highest BCUT2D eigenvalue weighted by Gasteiger charge is 2.14. The Balaban J connectivity index is 2.88. The molecule has 0 saturated carbocycles. The van der Waals surface area contributed by atoms with Crippen molar-refractivity contribution in [2.75, 3.05) is 0 Å². The van der Waals surface area contributed by atoms with Gasteiger partial charge in [-0.25, -0.2) is 0 Å². The predicted octanol–water partition coefficient (Wildman–Crippen LogP) is 2.16. The first-order valence-corrected chi connectivity index (χ1v) is 4.17. The van der Waals surface area contributed by atoms with Gasteiger partial charge >= 0.3 is 0 Å². The molecule has 1 aromatic rings. The van der Waals surface area contributed by atoms with Gasteiger partial charge in [0, 0.05) is 6.20 Å². The Labute approximate surface area is 72.6 Å². The third-order valence-electron chi connectivity index (χ3n) is 1.94. The molecular weight excluding hydrogens is 150 g/mol. The largest absolute Gasteiger partial charge is 0.299 e. The average Bonchev–Trinajstić information content (AvgIpc) is 2.07. The van der Waals surface area contributed by atoms with E-state index in [9.17, 15) is 4.79 Å². The summed E-state index contributed by atoms with van der Waals surface area (Å²) in [7, 11) is 0. The highest BCUT2D eigenvalue weighted by molar-refractivity contribution is 5.82. The van der Waals surface area contributed by atoms with Gasteiger partial charge in [0.15, 0.2) is 0 Å². The fourth-order valence-electron chi connectivity index (χ4n) is 1.29. The third kappa shape index (κ3) is 1.91. The van der Waals surface area contributed by atoms with E-state index in [0.717, 1.165) is 12.1 Å². The second-order valence-corrected chi connectivity index (χ2v) is 2.83. The summed E-state index contributed by atoms with van der Waals surface area (Å²) in [6, 6.07) is 5.67. The molecule has 12 heavy (non-hydrogen) atoms. The Bertz CT molecular complexity index is 256. The van der Waals surface area contributed by atoms with Gasteiger partial charge in [-0.3, -0.25) is 9.78 Å². The molecule has 0 aliphatic heterocycles. The fraction of sp³-hybridized carbons (Fsp3) is 0.400. The molecule has 0 aromatic carbocycles. The minimum Gasteiger partial charge on any atom is -0.299 e. The summed E-state index contributed by atoms with van der Waals surface area (Å²) in [6.07, 6.45) is 2.55. The van der Waals surface area contributed by atoms with Crippen LogP contribution >= 0.6 is 0 Å². The highest BCUT2D eigenvalue weighted by Crippen LogP contribution is 2.17. The number of rotatable bonds is 3. The SMILES string of the molecule is CCC(C(C)=O)c1ccccn1. The van der Waals surface area contributed by atoms with Gasteiger partial charge in [-0.05, 0) is 25.5 Å². The number of ketones is 1. The highest BCUT2D eigenvalue weighted by atomic mass is 16.1. The van der Waals surface area contributed by atoms with Crippen LogP contribution in [0.15, 0.2) is 24.4 Å². The van der Waals surface area contributed by atoms with Crippen molar-refractivity contribution in [1.29, 1.82) is 0 Å². The van der Waals surface area contributed by atoms with E-state index in [1.807, 2.05) is 25.1 Å². The average molecular weight is 163 g/mol. The van der Waals surface area contributed by atoms with Crippen molar-refractivity contribution in [3.63, 3.8) is 0 Å². The fourth-order valence-corrected chi connectivity index (χ4v) is 1.29. The zero-order chi connectivity index (χ0) is 8.97. The zero-order valence-electron chi connectivity index (χ0n) is 7.45. The molecule has 0 spiro atoms. The number of hydrogen-bond donors (Lipinski definition) is 0. The van der Waals surface area contributed by atoms with Crippen molar-refractivity contribution in [3.05, 3.63) is 30.1 Å². The summed E-state index contributed by atoms with van der Waals surface area (Å²) in [6.45, 7) is 3.61. The maximum Gasteiger partial charge on any atom is 0.138 e. The van der Waals surface area contributed by atoms with Crippen molar-refractivity contribution in [3.8, 4) is 0 Å². The molecular formula is C10H13NO. The van der Waals surface area contributed by atoms with E-state index in [1.54, 1.807) is 13.1 Å². The van der Waals surface area contributed by atoms with Crippen molar-refractivity contribution in [2.24, 2.45) is 0 Å². The van der Waals surface area contributed by atoms with E-state index >= 15 is 0 Å². The minimum absolute atomic E-state index is 0.0220. The van der Waals surface area contributed by atoms with Crippen LogP contribution in [-0.4, -0.2) is 10.8 Å². The van der Waals surface area contributed by atoms with Gasteiger partial charge in [0.2, 0.25) is 0 Å². The lowest BCUT2D eigenvalue weighted by Gasteiger charge is -2.08. The van der Waals surface area contributed by atoms with Crippen LogP contribution in [0.3, 0.4) is 0 Å². The van der Waals surface area contributed by atoms with Crippen LogP contribution in [0.5, 0.6) is 0 Å². The number of Topliss-reactive ketones (excluding diaryl/α,β-unsaturated/α-hetero) is 1.